The molecule has 1 aromatic carbocycles. The highest BCUT2D eigenvalue weighted by molar-refractivity contribution is 5.85. The van der Waals surface area contributed by atoms with E-state index >= 15 is 0 Å². The van der Waals surface area contributed by atoms with Gasteiger partial charge >= 0.3 is 0 Å². The Labute approximate surface area is 90.9 Å². The lowest BCUT2D eigenvalue weighted by molar-refractivity contribution is 0.340. The molecule has 1 fully saturated rings. The summed E-state index contributed by atoms with van der Waals surface area (Å²) < 4.78 is 5.36. The molecular weight excluding hydrogens is 198 g/mol. The predicted octanol–water partition coefficient (Wildman–Crippen LogP) is 2.32. The van der Waals surface area contributed by atoms with Gasteiger partial charge < -0.3 is 10.5 Å². The minimum atomic E-state index is 0. The van der Waals surface area contributed by atoms with Crippen LogP contribution >= 0.6 is 12.4 Å². The normalized spacial score (nSPS) is 23.9. The molecule has 2 rings (SSSR count). The predicted molar refractivity (Wildman–Crippen MR) is 60.2 cm³/mol. The second kappa shape index (κ2) is 4.67. The number of rotatable bonds is 3. The highest BCUT2D eigenvalue weighted by atomic mass is 35.5. The lowest BCUT2D eigenvalue weighted by Gasteiger charge is -2.03. The molecule has 78 valence electrons. The minimum absolute atomic E-state index is 0. The summed E-state index contributed by atoms with van der Waals surface area (Å²) in [5, 5.41) is 0. The Morgan fingerprint density at radius 1 is 1.36 bits per heavy atom. The molecule has 0 heterocycles. The fourth-order valence-electron chi connectivity index (χ4n) is 1.58. The van der Waals surface area contributed by atoms with Gasteiger partial charge in [-0.2, -0.15) is 0 Å². The zero-order valence-corrected chi connectivity index (χ0v) is 9.09. The van der Waals surface area contributed by atoms with Crippen molar-refractivity contribution >= 4 is 12.4 Å². The van der Waals surface area contributed by atoms with Crippen LogP contribution in [-0.2, 0) is 0 Å². The van der Waals surface area contributed by atoms with Crippen molar-refractivity contribution in [3.63, 3.8) is 0 Å². The average Bonchev–Trinajstić information content (AvgIpc) is 2.85. The molecule has 14 heavy (non-hydrogen) atoms. The molecule has 0 saturated heterocycles. The molecule has 0 aliphatic heterocycles. The summed E-state index contributed by atoms with van der Waals surface area (Å²) in [6.07, 6.45) is 1.13. The molecule has 0 amide bonds. The molecule has 3 heteroatoms. The molecule has 1 aliphatic carbocycles. The van der Waals surface area contributed by atoms with Crippen LogP contribution in [0.15, 0.2) is 24.3 Å². The molecule has 0 unspecified atom stereocenters. The van der Waals surface area contributed by atoms with Crippen molar-refractivity contribution in [3.8, 4) is 5.75 Å². The number of halogens is 1. The van der Waals surface area contributed by atoms with Crippen LogP contribution in [-0.4, -0.2) is 12.6 Å². The summed E-state index contributed by atoms with van der Waals surface area (Å²) >= 11 is 0. The zero-order chi connectivity index (χ0) is 9.26. The molecule has 1 aromatic rings. The van der Waals surface area contributed by atoms with E-state index in [1.165, 1.54) is 5.56 Å². The lowest BCUT2D eigenvalue weighted by Crippen LogP contribution is -2.00. The van der Waals surface area contributed by atoms with Crippen LogP contribution in [0.3, 0.4) is 0 Å². The van der Waals surface area contributed by atoms with Crippen molar-refractivity contribution in [2.45, 2.75) is 25.3 Å². The van der Waals surface area contributed by atoms with Crippen LogP contribution in [0.5, 0.6) is 5.75 Å². The summed E-state index contributed by atoms with van der Waals surface area (Å²) in [7, 11) is 0. The molecule has 2 atom stereocenters. The summed E-state index contributed by atoms with van der Waals surface area (Å²) in [6.45, 7) is 2.72. The van der Waals surface area contributed by atoms with Gasteiger partial charge in [0, 0.05) is 12.0 Å². The maximum Gasteiger partial charge on any atom is 0.119 e. The van der Waals surface area contributed by atoms with E-state index in [1.54, 1.807) is 0 Å². The van der Waals surface area contributed by atoms with Gasteiger partial charge in [0.15, 0.2) is 0 Å². The zero-order valence-electron chi connectivity index (χ0n) is 8.27. The first-order valence-corrected chi connectivity index (χ1v) is 4.79. The average molecular weight is 214 g/mol. The molecule has 0 aromatic heterocycles. The summed E-state index contributed by atoms with van der Waals surface area (Å²) in [6, 6.07) is 8.65. The first-order chi connectivity index (χ1) is 6.31. The van der Waals surface area contributed by atoms with E-state index < -0.39 is 0 Å². The Morgan fingerprint density at radius 3 is 2.36 bits per heavy atom. The summed E-state index contributed by atoms with van der Waals surface area (Å²) in [5.41, 5.74) is 7.11. The number of hydrogen-bond donors (Lipinski definition) is 1. The fraction of sp³-hybridized carbons (Fsp3) is 0.455. The van der Waals surface area contributed by atoms with Crippen LogP contribution in [0.1, 0.15) is 24.8 Å². The smallest absolute Gasteiger partial charge is 0.119 e. The number of benzene rings is 1. The van der Waals surface area contributed by atoms with E-state index in [0.717, 1.165) is 18.8 Å². The van der Waals surface area contributed by atoms with Gasteiger partial charge in [0.2, 0.25) is 0 Å². The third-order valence-electron chi connectivity index (χ3n) is 2.46. The highest BCUT2D eigenvalue weighted by Crippen LogP contribution is 2.39. The van der Waals surface area contributed by atoms with E-state index in [-0.39, 0.29) is 12.4 Å². The molecule has 1 aliphatic rings. The molecule has 0 radical (unpaired) electrons. The van der Waals surface area contributed by atoms with Crippen LogP contribution in [0, 0.1) is 0 Å². The Kier molecular flexibility index (Phi) is 3.78. The SMILES string of the molecule is CCOc1ccc([C@@H]2C[C@@H]2N)cc1.Cl. The summed E-state index contributed by atoms with van der Waals surface area (Å²) in [5.74, 6) is 1.54. The van der Waals surface area contributed by atoms with Crippen LogP contribution in [0.2, 0.25) is 0 Å². The standard InChI is InChI=1S/C11H15NO.ClH/c1-2-13-9-5-3-8(4-6-9)10-7-11(10)12;/h3-6,10-11H,2,7,12H2,1H3;1H/t10-,11-;/m0./s1. The van der Waals surface area contributed by atoms with Gasteiger partial charge in [-0.1, -0.05) is 12.1 Å². The van der Waals surface area contributed by atoms with E-state index in [9.17, 15) is 0 Å². The first-order valence-electron chi connectivity index (χ1n) is 4.79. The molecule has 2 nitrogen and oxygen atoms in total. The summed E-state index contributed by atoms with van der Waals surface area (Å²) in [4.78, 5) is 0. The van der Waals surface area contributed by atoms with Gasteiger partial charge in [-0.05, 0) is 31.0 Å². The quantitative estimate of drug-likeness (QED) is 0.837. The second-order valence-electron chi connectivity index (χ2n) is 3.51. The number of nitrogens with two attached hydrogens (primary N) is 1. The van der Waals surface area contributed by atoms with E-state index in [2.05, 4.69) is 12.1 Å². The molecule has 0 bridgehead atoms. The highest BCUT2D eigenvalue weighted by Gasteiger charge is 2.34. The molecular formula is C11H16ClNO. The number of ether oxygens (including phenoxy) is 1. The Bertz CT molecular complexity index is 286. The number of hydrogen-bond acceptors (Lipinski definition) is 2. The van der Waals surface area contributed by atoms with Gasteiger partial charge in [0.1, 0.15) is 5.75 Å². The van der Waals surface area contributed by atoms with Crippen molar-refractivity contribution in [3.05, 3.63) is 29.8 Å². The van der Waals surface area contributed by atoms with Gasteiger partial charge in [0.05, 0.1) is 6.61 Å². The molecule has 2 N–H and O–H groups in total. The van der Waals surface area contributed by atoms with Gasteiger partial charge in [-0.3, -0.25) is 0 Å². The van der Waals surface area contributed by atoms with Gasteiger partial charge in [0.25, 0.3) is 0 Å². The van der Waals surface area contributed by atoms with Gasteiger partial charge in [-0.25, -0.2) is 0 Å². The third kappa shape index (κ3) is 2.40. The maximum atomic E-state index is 5.76. The van der Waals surface area contributed by atoms with E-state index in [0.29, 0.717) is 12.0 Å². The Morgan fingerprint density at radius 2 is 1.93 bits per heavy atom. The van der Waals surface area contributed by atoms with Crippen LogP contribution in [0.4, 0.5) is 0 Å². The van der Waals surface area contributed by atoms with Gasteiger partial charge in [-0.15, -0.1) is 12.4 Å². The van der Waals surface area contributed by atoms with Crippen molar-refractivity contribution in [2.75, 3.05) is 6.61 Å². The fourth-order valence-corrected chi connectivity index (χ4v) is 1.58. The van der Waals surface area contributed by atoms with Crippen molar-refractivity contribution in [2.24, 2.45) is 5.73 Å². The van der Waals surface area contributed by atoms with Crippen LogP contribution in [0.25, 0.3) is 0 Å². The first kappa shape index (κ1) is 11.3. The molecule has 0 spiro atoms. The lowest BCUT2D eigenvalue weighted by atomic mass is 10.1. The Balaban J connectivity index is 0.000000980. The Hall–Kier alpha value is -0.730. The maximum absolute atomic E-state index is 5.76. The van der Waals surface area contributed by atoms with E-state index in [4.69, 9.17) is 10.5 Å². The second-order valence-corrected chi connectivity index (χ2v) is 3.51. The largest absolute Gasteiger partial charge is 0.494 e. The van der Waals surface area contributed by atoms with E-state index in [1.807, 2.05) is 19.1 Å². The monoisotopic (exact) mass is 213 g/mol. The minimum Gasteiger partial charge on any atom is -0.494 e. The van der Waals surface area contributed by atoms with Crippen LogP contribution < -0.4 is 10.5 Å². The topological polar surface area (TPSA) is 35.2 Å². The van der Waals surface area contributed by atoms with Crippen molar-refractivity contribution < 1.29 is 4.74 Å². The van der Waals surface area contributed by atoms with Crippen molar-refractivity contribution in [1.82, 2.24) is 0 Å². The molecule has 1 saturated carbocycles. The van der Waals surface area contributed by atoms with Crippen molar-refractivity contribution in [1.29, 1.82) is 0 Å². The third-order valence-corrected chi connectivity index (χ3v) is 2.46.